The molecule has 310 valence electrons. The van der Waals surface area contributed by atoms with Gasteiger partial charge in [0.05, 0.1) is 18.8 Å². The van der Waals surface area contributed by atoms with Crippen molar-refractivity contribution in [2.45, 2.75) is 219 Å². The number of amides is 1. The van der Waals surface area contributed by atoms with Gasteiger partial charge in [0.1, 0.15) is 0 Å². The molecule has 0 aliphatic carbocycles. The normalized spacial score (nSPS) is 13.8. The summed E-state index contributed by atoms with van der Waals surface area (Å²) >= 11 is 0. The topological polar surface area (TPSA) is 69.6 Å². The van der Waals surface area contributed by atoms with Crippen LogP contribution in [0.2, 0.25) is 0 Å². The maximum atomic E-state index is 12.4. The molecule has 2 unspecified atom stereocenters. The molecular weight excluding hydrogens is 663 g/mol. The van der Waals surface area contributed by atoms with E-state index in [1.807, 2.05) is 0 Å². The number of hydrogen-bond donors (Lipinski definition) is 3. The average Bonchev–Trinajstić information content (AvgIpc) is 3.18. The molecule has 4 heteroatoms. The first-order valence-corrected chi connectivity index (χ1v) is 22.8. The molecule has 0 aliphatic heterocycles. The molecule has 0 aliphatic rings. The molecule has 0 heterocycles. The van der Waals surface area contributed by atoms with Crippen molar-refractivity contribution in [1.29, 1.82) is 0 Å². The van der Waals surface area contributed by atoms with Gasteiger partial charge in [0, 0.05) is 6.42 Å². The first kappa shape index (κ1) is 51.6. The number of rotatable bonds is 40. The zero-order chi connectivity index (χ0) is 39.3. The van der Waals surface area contributed by atoms with Gasteiger partial charge in [-0.1, -0.05) is 214 Å². The van der Waals surface area contributed by atoms with Crippen LogP contribution in [0.3, 0.4) is 0 Å². The summed E-state index contributed by atoms with van der Waals surface area (Å²) < 4.78 is 0. The molecule has 0 aromatic carbocycles. The monoisotopic (exact) mass is 750 g/mol. The molecule has 1 amide bonds. The van der Waals surface area contributed by atoms with Crippen molar-refractivity contribution in [2.75, 3.05) is 6.61 Å². The number of aliphatic hydroxyl groups excluding tert-OH is 2. The predicted molar refractivity (Wildman–Crippen MR) is 239 cm³/mol. The highest BCUT2D eigenvalue weighted by molar-refractivity contribution is 5.76. The summed E-state index contributed by atoms with van der Waals surface area (Å²) in [5, 5.41) is 23.1. The molecule has 0 saturated carbocycles. The van der Waals surface area contributed by atoms with Crippen LogP contribution in [0.4, 0.5) is 0 Å². The van der Waals surface area contributed by atoms with Gasteiger partial charge in [-0.15, -0.1) is 0 Å². The third-order valence-electron chi connectivity index (χ3n) is 9.92. The fourth-order valence-corrected chi connectivity index (χ4v) is 6.46. The van der Waals surface area contributed by atoms with E-state index in [1.54, 1.807) is 0 Å². The molecule has 0 aromatic rings. The molecule has 3 N–H and O–H groups in total. The highest BCUT2D eigenvalue weighted by Gasteiger charge is 2.19. The SMILES string of the molecule is CC/C=C\C/C=C\C/C=C\C/C=C\C/C=C\C/C=C\C/C=C\CCCCCCCCCCCC(=O)NC(CO)C(O)CCCCCCCCCCCCC. The van der Waals surface area contributed by atoms with Crippen LogP contribution in [0.5, 0.6) is 0 Å². The second-order valence-corrected chi connectivity index (χ2v) is 15.1. The summed E-state index contributed by atoms with van der Waals surface area (Å²) in [7, 11) is 0. The Labute approximate surface area is 335 Å². The minimum atomic E-state index is -0.665. The number of unbranched alkanes of at least 4 members (excludes halogenated alkanes) is 19. The van der Waals surface area contributed by atoms with Gasteiger partial charge in [-0.3, -0.25) is 4.79 Å². The first-order valence-electron chi connectivity index (χ1n) is 22.8. The Hall–Kier alpha value is -2.43. The van der Waals surface area contributed by atoms with Crippen LogP contribution in [0, 0.1) is 0 Å². The fraction of sp³-hybridized carbons (Fsp3) is 0.700. The van der Waals surface area contributed by atoms with Crippen LogP contribution >= 0.6 is 0 Å². The summed E-state index contributed by atoms with van der Waals surface area (Å²) in [6, 6.07) is -0.543. The van der Waals surface area contributed by atoms with E-state index in [9.17, 15) is 15.0 Å². The Morgan fingerprint density at radius 2 is 0.815 bits per heavy atom. The van der Waals surface area contributed by atoms with Crippen molar-refractivity contribution in [3.63, 3.8) is 0 Å². The van der Waals surface area contributed by atoms with Crippen LogP contribution in [0.15, 0.2) is 85.1 Å². The number of nitrogens with one attached hydrogen (secondary N) is 1. The van der Waals surface area contributed by atoms with E-state index in [4.69, 9.17) is 0 Å². The Bertz CT molecular complexity index is 988. The van der Waals surface area contributed by atoms with Gasteiger partial charge in [-0.05, 0) is 70.6 Å². The summed E-state index contributed by atoms with van der Waals surface area (Å²) in [6.07, 6.45) is 65.2. The zero-order valence-corrected chi connectivity index (χ0v) is 35.5. The average molecular weight is 750 g/mol. The van der Waals surface area contributed by atoms with Crippen molar-refractivity contribution < 1.29 is 15.0 Å². The van der Waals surface area contributed by atoms with Crippen molar-refractivity contribution in [3.05, 3.63) is 85.1 Å². The number of carbonyl (C=O) groups excluding carboxylic acids is 1. The van der Waals surface area contributed by atoms with E-state index < -0.39 is 12.1 Å². The van der Waals surface area contributed by atoms with Gasteiger partial charge < -0.3 is 15.5 Å². The van der Waals surface area contributed by atoms with Crippen LogP contribution < -0.4 is 5.32 Å². The van der Waals surface area contributed by atoms with Gasteiger partial charge in [0.25, 0.3) is 0 Å². The molecule has 0 radical (unpaired) electrons. The predicted octanol–water partition coefficient (Wildman–Crippen LogP) is 14.5. The van der Waals surface area contributed by atoms with Crippen LogP contribution in [0.1, 0.15) is 206 Å². The number of hydrogen-bond acceptors (Lipinski definition) is 3. The third kappa shape index (κ3) is 40.7. The molecule has 2 atom stereocenters. The largest absolute Gasteiger partial charge is 0.394 e. The molecule has 4 nitrogen and oxygen atoms in total. The van der Waals surface area contributed by atoms with Crippen molar-refractivity contribution in [2.24, 2.45) is 0 Å². The smallest absolute Gasteiger partial charge is 0.220 e. The maximum absolute atomic E-state index is 12.4. The number of aliphatic hydroxyl groups is 2. The molecule has 54 heavy (non-hydrogen) atoms. The molecule has 0 bridgehead atoms. The second kappa shape index (κ2) is 45.0. The lowest BCUT2D eigenvalue weighted by Gasteiger charge is -2.22. The molecule has 0 spiro atoms. The highest BCUT2D eigenvalue weighted by atomic mass is 16.3. The van der Waals surface area contributed by atoms with Gasteiger partial charge in [0.15, 0.2) is 0 Å². The van der Waals surface area contributed by atoms with Crippen molar-refractivity contribution in [1.82, 2.24) is 5.32 Å². The van der Waals surface area contributed by atoms with Crippen LogP contribution in [-0.2, 0) is 4.79 Å². The minimum absolute atomic E-state index is 0.0431. The van der Waals surface area contributed by atoms with E-state index in [0.717, 1.165) is 70.6 Å². The summed E-state index contributed by atoms with van der Waals surface area (Å²) in [5.74, 6) is -0.0431. The summed E-state index contributed by atoms with van der Waals surface area (Å²) in [6.45, 7) is 4.22. The Morgan fingerprint density at radius 3 is 1.22 bits per heavy atom. The molecule has 0 rings (SSSR count). The standard InChI is InChI=1S/C50H87NO3/c1-3-5-7-9-11-13-15-16-17-18-19-20-21-22-23-24-25-26-27-28-29-30-31-32-33-34-36-38-40-42-44-46-50(54)51-48(47-52)49(53)45-43-41-39-37-35-14-12-10-8-6-4-2/h5,7,11,13,16-17,19-20,22-23,25-26,28-29,48-49,52-53H,3-4,6,8-10,12,14-15,18,21,24,27,30-47H2,1-2H3,(H,51,54)/b7-5-,13-11-,17-16-,20-19-,23-22-,26-25-,29-28-. The number of carbonyl (C=O) groups is 1. The zero-order valence-electron chi connectivity index (χ0n) is 35.5. The third-order valence-corrected chi connectivity index (χ3v) is 9.92. The minimum Gasteiger partial charge on any atom is -0.394 e. The van der Waals surface area contributed by atoms with E-state index in [-0.39, 0.29) is 12.5 Å². The summed E-state index contributed by atoms with van der Waals surface area (Å²) in [4.78, 5) is 12.4. The maximum Gasteiger partial charge on any atom is 0.220 e. The van der Waals surface area contributed by atoms with Crippen molar-refractivity contribution in [3.8, 4) is 0 Å². The number of allylic oxidation sites excluding steroid dienone is 14. The van der Waals surface area contributed by atoms with E-state index >= 15 is 0 Å². The van der Waals surface area contributed by atoms with Crippen LogP contribution in [0.25, 0.3) is 0 Å². The highest BCUT2D eigenvalue weighted by Crippen LogP contribution is 2.15. The Balaban J connectivity index is 3.58. The second-order valence-electron chi connectivity index (χ2n) is 15.1. The van der Waals surface area contributed by atoms with E-state index in [1.165, 1.54) is 109 Å². The lowest BCUT2D eigenvalue weighted by Crippen LogP contribution is -2.45. The van der Waals surface area contributed by atoms with Crippen LogP contribution in [-0.4, -0.2) is 34.9 Å². The Morgan fingerprint density at radius 1 is 0.463 bits per heavy atom. The lowest BCUT2D eigenvalue weighted by atomic mass is 10.0. The fourth-order valence-electron chi connectivity index (χ4n) is 6.46. The van der Waals surface area contributed by atoms with Gasteiger partial charge in [0.2, 0.25) is 5.91 Å². The Kier molecular flexibility index (Phi) is 42.9. The van der Waals surface area contributed by atoms with E-state index in [2.05, 4.69) is 104 Å². The quantitative estimate of drug-likeness (QED) is 0.0431. The first-order chi connectivity index (χ1) is 26.7. The molecule has 0 saturated heterocycles. The van der Waals surface area contributed by atoms with E-state index in [0.29, 0.717) is 12.8 Å². The van der Waals surface area contributed by atoms with Gasteiger partial charge in [-0.25, -0.2) is 0 Å². The molecule has 0 fully saturated rings. The summed E-state index contributed by atoms with van der Waals surface area (Å²) in [5.41, 5.74) is 0. The van der Waals surface area contributed by atoms with Gasteiger partial charge in [-0.2, -0.15) is 0 Å². The molecular formula is C50H87NO3. The lowest BCUT2D eigenvalue weighted by molar-refractivity contribution is -0.123. The van der Waals surface area contributed by atoms with Crippen molar-refractivity contribution >= 4 is 5.91 Å². The van der Waals surface area contributed by atoms with Gasteiger partial charge >= 0.3 is 0 Å². The molecule has 0 aromatic heterocycles.